The molecule has 0 unspecified atom stereocenters. The summed E-state index contributed by atoms with van der Waals surface area (Å²) in [5, 5.41) is 6.89. The smallest absolute Gasteiger partial charge is 0.290 e. The van der Waals surface area contributed by atoms with Gasteiger partial charge in [-0.25, -0.2) is 14.4 Å². The van der Waals surface area contributed by atoms with Crippen molar-refractivity contribution in [3.8, 4) is 0 Å². The molecule has 2 aliphatic heterocycles. The Labute approximate surface area is 165 Å². The maximum atomic E-state index is 14.2. The van der Waals surface area contributed by atoms with Crippen LogP contribution in [0.15, 0.2) is 12.4 Å². The molecule has 1 fully saturated rings. The number of aromatic nitrogens is 4. The van der Waals surface area contributed by atoms with Crippen LogP contribution in [-0.4, -0.2) is 76.4 Å². The molecule has 2 aliphatic rings. The van der Waals surface area contributed by atoms with Crippen LogP contribution < -0.4 is 15.5 Å². The Kier molecular flexibility index (Phi) is 6.54. The minimum Gasteiger partial charge on any atom is -0.483 e. The third-order valence-electron chi connectivity index (χ3n) is 4.63. The summed E-state index contributed by atoms with van der Waals surface area (Å²) >= 11 is 0. The molecule has 4 heterocycles. The fraction of sp³-hybridized carbons (Fsp3) is 0.471. The van der Waals surface area contributed by atoms with Gasteiger partial charge < -0.3 is 29.9 Å². The first kappa shape index (κ1) is 20.5. The quantitative estimate of drug-likeness (QED) is 0.645. The van der Waals surface area contributed by atoms with Crippen molar-refractivity contribution >= 4 is 24.1 Å². The van der Waals surface area contributed by atoms with Crippen molar-refractivity contribution in [1.29, 1.82) is 0 Å². The highest BCUT2D eigenvalue weighted by molar-refractivity contribution is 5.90. The van der Waals surface area contributed by atoms with Crippen LogP contribution in [0.4, 0.5) is 16.2 Å². The average Bonchev–Trinajstić information content (AvgIpc) is 3.04. The Bertz CT molecular complexity index is 844. The molecule has 3 N–H and O–H groups in total. The molecule has 1 saturated heterocycles. The molecular formula is C17H22FN7O4. The van der Waals surface area contributed by atoms with Gasteiger partial charge in [-0.15, -0.1) is 0 Å². The number of amides is 1. The zero-order valence-corrected chi connectivity index (χ0v) is 15.7. The van der Waals surface area contributed by atoms with Crippen molar-refractivity contribution in [1.82, 2.24) is 19.5 Å². The van der Waals surface area contributed by atoms with Crippen LogP contribution in [0.1, 0.15) is 16.3 Å². The van der Waals surface area contributed by atoms with Gasteiger partial charge in [0.25, 0.3) is 12.4 Å². The summed E-state index contributed by atoms with van der Waals surface area (Å²) in [7, 11) is 0. The lowest BCUT2D eigenvalue weighted by Gasteiger charge is -2.29. The van der Waals surface area contributed by atoms with Crippen LogP contribution >= 0.6 is 0 Å². The Morgan fingerprint density at radius 1 is 1.17 bits per heavy atom. The van der Waals surface area contributed by atoms with E-state index >= 15 is 0 Å². The van der Waals surface area contributed by atoms with Gasteiger partial charge in [-0.05, 0) is 0 Å². The number of nitrogens with two attached hydrogens (primary N) is 1. The van der Waals surface area contributed by atoms with E-state index in [1.807, 2.05) is 14.4 Å². The summed E-state index contributed by atoms with van der Waals surface area (Å²) in [4.78, 5) is 36.4. The SMILES string of the molecule is NC(=O)c1cn2c(n1)CCN(c1ncc(F)c(N3CCOCC3)n1)CC2.O=CO. The van der Waals surface area contributed by atoms with E-state index < -0.39 is 11.7 Å². The second kappa shape index (κ2) is 9.28. The van der Waals surface area contributed by atoms with Gasteiger partial charge in [-0.2, -0.15) is 4.98 Å². The van der Waals surface area contributed by atoms with Gasteiger partial charge in [0, 0.05) is 45.3 Å². The van der Waals surface area contributed by atoms with E-state index in [2.05, 4.69) is 15.0 Å². The second-order valence-electron chi connectivity index (χ2n) is 6.38. The summed E-state index contributed by atoms with van der Waals surface area (Å²) < 4.78 is 21.4. The normalized spacial score (nSPS) is 16.3. The van der Waals surface area contributed by atoms with Crippen molar-refractivity contribution in [2.45, 2.75) is 13.0 Å². The number of carbonyl (C=O) groups excluding carboxylic acids is 1. The number of carbonyl (C=O) groups is 2. The first-order chi connectivity index (χ1) is 14.0. The molecule has 2 aromatic rings. The average molecular weight is 407 g/mol. The number of morpholine rings is 1. The summed E-state index contributed by atoms with van der Waals surface area (Å²) in [6.45, 7) is 3.98. The van der Waals surface area contributed by atoms with Gasteiger partial charge in [-0.3, -0.25) is 9.59 Å². The standard InChI is InChI=1S/C16H20FN7O2.CH2O2/c17-11-9-19-16(21-15(11)22-5-7-26-8-6-22)23-2-1-13-20-12(14(18)25)10-24(13)4-3-23;2-1-3/h9-10H,1-8H2,(H2,18,25);1H,(H,2,3). The predicted octanol–water partition coefficient (Wildman–Crippen LogP) is -0.489. The third-order valence-corrected chi connectivity index (χ3v) is 4.63. The van der Waals surface area contributed by atoms with E-state index in [1.165, 1.54) is 6.20 Å². The summed E-state index contributed by atoms with van der Waals surface area (Å²) in [5.41, 5.74) is 5.57. The van der Waals surface area contributed by atoms with Crippen LogP contribution in [0.2, 0.25) is 0 Å². The van der Waals surface area contributed by atoms with Crippen LogP contribution in [0.5, 0.6) is 0 Å². The van der Waals surface area contributed by atoms with E-state index in [-0.39, 0.29) is 12.2 Å². The fourth-order valence-electron chi connectivity index (χ4n) is 3.24. The molecule has 156 valence electrons. The zero-order chi connectivity index (χ0) is 20.8. The number of rotatable bonds is 3. The van der Waals surface area contributed by atoms with Gasteiger partial charge in [0.05, 0.1) is 19.4 Å². The first-order valence-corrected chi connectivity index (χ1v) is 9.07. The molecule has 1 amide bonds. The van der Waals surface area contributed by atoms with Crippen LogP contribution in [0, 0.1) is 5.82 Å². The molecule has 0 bridgehead atoms. The molecule has 0 aliphatic carbocycles. The van der Waals surface area contributed by atoms with E-state index in [4.69, 9.17) is 20.4 Å². The lowest BCUT2D eigenvalue weighted by atomic mass is 10.3. The Morgan fingerprint density at radius 3 is 2.59 bits per heavy atom. The number of primary amides is 1. The molecule has 0 radical (unpaired) electrons. The van der Waals surface area contributed by atoms with E-state index in [0.29, 0.717) is 64.1 Å². The van der Waals surface area contributed by atoms with Crippen molar-refractivity contribution in [3.63, 3.8) is 0 Å². The number of anilines is 2. The highest BCUT2D eigenvalue weighted by atomic mass is 19.1. The van der Waals surface area contributed by atoms with Crippen LogP contribution in [0.25, 0.3) is 0 Å². The summed E-state index contributed by atoms with van der Waals surface area (Å²) in [6, 6.07) is 0. The number of hydrogen-bond acceptors (Lipinski definition) is 8. The topological polar surface area (TPSA) is 140 Å². The number of halogens is 1. The van der Waals surface area contributed by atoms with Gasteiger partial charge in [-0.1, -0.05) is 0 Å². The predicted molar refractivity (Wildman–Crippen MR) is 100 cm³/mol. The van der Waals surface area contributed by atoms with Crippen LogP contribution in [-0.2, 0) is 22.5 Å². The number of hydrogen-bond donors (Lipinski definition) is 2. The van der Waals surface area contributed by atoms with Gasteiger partial charge in [0.15, 0.2) is 11.6 Å². The molecule has 2 aromatic heterocycles. The minimum atomic E-state index is -0.528. The van der Waals surface area contributed by atoms with E-state index in [0.717, 1.165) is 5.82 Å². The highest BCUT2D eigenvalue weighted by Crippen LogP contribution is 2.21. The maximum Gasteiger partial charge on any atom is 0.290 e. The number of ether oxygens (including phenoxy) is 1. The maximum absolute atomic E-state index is 14.2. The third kappa shape index (κ3) is 4.77. The Morgan fingerprint density at radius 2 is 1.90 bits per heavy atom. The Balaban J connectivity index is 0.000000755. The Hall–Kier alpha value is -3.28. The van der Waals surface area contributed by atoms with Gasteiger partial charge >= 0.3 is 0 Å². The van der Waals surface area contributed by atoms with E-state index in [1.54, 1.807) is 6.20 Å². The molecule has 0 aromatic carbocycles. The van der Waals surface area contributed by atoms with Gasteiger partial charge in [0.2, 0.25) is 5.95 Å². The fourth-order valence-corrected chi connectivity index (χ4v) is 3.24. The number of fused-ring (bicyclic) bond motifs is 1. The molecule has 0 atom stereocenters. The summed E-state index contributed by atoms with van der Waals surface area (Å²) in [6.07, 6.45) is 3.52. The molecule has 29 heavy (non-hydrogen) atoms. The van der Waals surface area contributed by atoms with Crippen molar-refractivity contribution < 1.29 is 23.8 Å². The second-order valence-corrected chi connectivity index (χ2v) is 6.38. The number of nitrogens with zero attached hydrogens (tertiary/aromatic N) is 6. The minimum absolute atomic E-state index is 0.250. The first-order valence-electron chi connectivity index (χ1n) is 9.07. The van der Waals surface area contributed by atoms with E-state index in [9.17, 15) is 9.18 Å². The molecule has 0 saturated carbocycles. The number of imidazole rings is 1. The van der Waals surface area contributed by atoms with Crippen LogP contribution in [0.3, 0.4) is 0 Å². The largest absolute Gasteiger partial charge is 0.483 e. The monoisotopic (exact) mass is 407 g/mol. The zero-order valence-electron chi connectivity index (χ0n) is 15.7. The van der Waals surface area contributed by atoms with Crippen molar-refractivity contribution in [3.05, 3.63) is 29.7 Å². The molecular weight excluding hydrogens is 385 g/mol. The van der Waals surface area contributed by atoms with Crippen molar-refractivity contribution in [2.75, 3.05) is 49.2 Å². The van der Waals surface area contributed by atoms with Gasteiger partial charge in [0.1, 0.15) is 11.5 Å². The highest BCUT2D eigenvalue weighted by Gasteiger charge is 2.22. The number of carboxylic acid groups (broad SMARTS) is 1. The molecule has 0 spiro atoms. The molecule has 12 heteroatoms. The van der Waals surface area contributed by atoms with Crippen molar-refractivity contribution in [2.24, 2.45) is 5.73 Å². The molecule has 4 rings (SSSR count). The lowest BCUT2D eigenvalue weighted by Crippen LogP contribution is -2.38. The molecule has 11 nitrogen and oxygen atoms in total. The summed E-state index contributed by atoms with van der Waals surface area (Å²) in [5.74, 6) is 0.658. The lowest BCUT2D eigenvalue weighted by molar-refractivity contribution is -0.122.